The molecule has 2 atom stereocenters. The summed E-state index contributed by atoms with van der Waals surface area (Å²) in [7, 11) is 1.68. The first kappa shape index (κ1) is 24.4. The molecule has 0 aliphatic heterocycles. The van der Waals surface area contributed by atoms with Crippen LogP contribution in [0.3, 0.4) is 0 Å². The fraction of sp³-hybridized carbons (Fsp3) is 0.500. The minimum Gasteiger partial charge on any atom is -0.496 e. The number of rotatable bonds is 13. The van der Waals surface area contributed by atoms with E-state index >= 15 is 0 Å². The molecule has 164 valence electrons. The Morgan fingerprint density at radius 1 is 1.07 bits per heavy atom. The van der Waals surface area contributed by atoms with Crippen LogP contribution in [0.1, 0.15) is 69.9 Å². The van der Waals surface area contributed by atoms with Crippen LogP contribution in [0, 0.1) is 5.92 Å². The van der Waals surface area contributed by atoms with E-state index in [2.05, 4.69) is 38.2 Å². The number of ether oxygens (including phenoxy) is 1. The number of para-hydroxylation sites is 1. The van der Waals surface area contributed by atoms with Crippen molar-refractivity contribution >= 4 is 17.4 Å². The lowest BCUT2D eigenvalue weighted by atomic mass is 9.88. The molecule has 0 amide bonds. The number of nitrogens with one attached hydrogen (secondary N) is 1. The van der Waals surface area contributed by atoms with Gasteiger partial charge in [-0.25, -0.2) is 0 Å². The molecule has 0 aliphatic carbocycles. The van der Waals surface area contributed by atoms with E-state index in [1.807, 2.05) is 36.4 Å². The molecule has 4 heteroatoms. The highest BCUT2D eigenvalue weighted by Crippen LogP contribution is 2.28. The predicted molar refractivity (Wildman–Crippen MR) is 126 cm³/mol. The average Bonchev–Trinajstić information content (AvgIpc) is 2.74. The van der Waals surface area contributed by atoms with E-state index in [0.717, 1.165) is 42.0 Å². The largest absolute Gasteiger partial charge is 0.496 e. The molecule has 3 nitrogen and oxygen atoms in total. The molecule has 2 aromatic rings. The van der Waals surface area contributed by atoms with E-state index in [9.17, 15) is 4.79 Å². The maximum atomic E-state index is 13.0. The van der Waals surface area contributed by atoms with Crippen LogP contribution >= 0.6 is 11.6 Å². The Kier molecular flexibility index (Phi) is 10.4. The van der Waals surface area contributed by atoms with Gasteiger partial charge in [0.05, 0.1) is 13.2 Å². The molecule has 2 unspecified atom stereocenters. The van der Waals surface area contributed by atoms with Crippen molar-refractivity contribution in [1.82, 2.24) is 5.32 Å². The van der Waals surface area contributed by atoms with E-state index in [1.165, 1.54) is 5.56 Å². The first-order valence-electron chi connectivity index (χ1n) is 11.1. The summed E-state index contributed by atoms with van der Waals surface area (Å²) in [5.74, 6) is 1.88. The highest BCUT2D eigenvalue weighted by Gasteiger charge is 2.22. The van der Waals surface area contributed by atoms with E-state index in [0.29, 0.717) is 24.7 Å². The van der Waals surface area contributed by atoms with Crippen molar-refractivity contribution in [1.29, 1.82) is 0 Å². The maximum absolute atomic E-state index is 13.0. The monoisotopic (exact) mass is 429 g/mol. The van der Waals surface area contributed by atoms with E-state index in [-0.39, 0.29) is 12.0 Å². The van der Waals surface area contributed by atoms with Crippen molar-refractivity contribution in [3.8, 4) is 5.75 Å². The number of hydrogen-bond donors (Lipinski definition) is 1. The summed E-state index contributed by atoms with van der Waals surface area (Å²) >= 11 is 6.04. The van der Waals surface area contributed by atoms with Gasteiger partial charge >= 0.3 is 0 Å². The van der Waals surface area contributed by atoms with Crippen LogP contribution < -0.4 is 10.1 Å². The molecule has 2 aromatic carbocycles. The molecule has 0 aromatic heterocycles. The lowest BCUT2D eigenvalue weighted by molar-refractivity contribution is -0.122. The summed E-state index contributed by atoms with van der Waals surface area (Å²) in [5.41, 5.74) is 2.40. The van der Waals surface area contributed by atoms with Crippen molar-refractivity contribution in [2.75, 3.05) is 7.11 Å². The summed E-state index contributed by atoms with van der Waals surface area (Å²) < 4.78 is 5.43. The second kappa shape index (κ2) is 12.8. The van der Waals surface area contributed by atoms with Gasteiger partial charge in [0.2, 0.25) is 0 Å². The van der Waals surface area contributed by atoms with Crippen molar-refractivity contribution in [3.63, 3.8) is 0 Å². The summed E-state index contributed by atoms with van der Waals surface area (Å²) in [5, 5.41) is 4.24. The molecule has 0 spiro atoms. The fourth-order valence-electron chi connectivity index (χ4n) is 4.03. The van der Waals surface area contributed by atoms with Crippen LogP contribution in [0.2, 0.25) is 5.02 Å². The van der Waals surface area contributed by atoms with Gasteiger partial charge in [-0.3, -0.25) is 4.79 Å². The Morgan fingerprint density at radius 3 is 2.40 bits per heavy atom. The molecular weight excluding hydrogens is 394 g/mol. The smallest absolute Gasteiger partial charge is 0.150 e. The minimum atomic E-state index is -0.143. The molecule has 0 saturated carbocycles. The number of benzene rings is 2. The van der Waals surface area contributed by atoms with Crippen LogP contribution in [0.25, 0.3) is 0 Å². The van der Waals surface area contributed by atoms with Crippen molar-refractivity contribution in [2.24, 2.45) is 5.92 Å². The number of methoxy groups -OCH3 is 1. The third-order valence-corrected chi connectivity index (χ3v) is 5.92. The molecule has 0 radical (unpaired) electrons. The summed E-state index contributed by atoms with van der Waals surface area (Å²) in [4.78, 5) is 13.0. The molecule has 0 heterocycles. The Hall–Kier alpha value is -1.84. The number of Topliss-reactive ketones (excluding diaryl/α,β-unsaturated/α-hetero) is 1. The topological polar surface area (TPSA) is 38.3 Å². The zero-order chi connectivity index (χ0) is 21.9. The van der Waals surface area contributed by atoms with Gasteiger partial charge in [0.25, 0.3) is 0 Å². The van der Waals surface area contributed by atoms with Crippen LogP contribution in [0.15, 0.2) is 48.5 Å². The number of carbonyl (C=O) groups is 1. The zero-order valence-electron chi connectivity index (χ0n) is 18.8. The van der Waals surface area contributed by atoms with Crippen LogP contribution in [0.5, 0.6) is 5.75 Å². The summed E-state index contributed by atoms with van der Waals surface area (Å²) in [6.07, 6.45) is 4.81. The summed E-state index contributed by atoms with van der Waals surface area (Å²) in [6, 6.07) is 16.0. The van der Waals surface area contributed by atoms with Gasteiger partial charge in [0.15, 0.2) is 0 Å². The highest BCUT2D eigenvalue weighted by atomic mass is 35.5. The van der Waals surface area contributed by atoms with Gasteiger partial charge in [0, 0.05) is 23.6 Å². The average molecular weight is 430 g/mol. The van der Waals surface area contributed by atoms with Crippen molar-refractivity contribution in [3.05, 3.63) is 64.7 Å². The van der Waals surface area contributed by atoms with Crippen LogP contribution in [-0.4, -0.2) is 18.9 Å². The first-order valence-corrected chi connectivity index (χ1v) is 11.5. The summed E-state index contributed by atoms with van der Waals surface area (Å²) in [6.45, 7) is 7.04. The molecular formula is C26H36ClNO2. The van der Waals surface area contributed by atoms with Crippen molar-refractivity contribution in [2.45, 2.75) is 71.4 Å². The predicted octanol–water partition coefficient (Wildman–Crippen LogP) is 6.79. The van der Waals surface area contributed by atoms with E-state index in [4.69, 9.17) is 16.3 Å². The zero-order valence-corrected chi connectivity index (χ0v) is 19.5. The third kappa shape index (κ3) is 7.45. The second-order valence-corrected chi connectivity index (χ2v) is 8.75. The van der Waals surface area contributed by atoms with Crippen LogP contribution in [0.4, 0.5) is 0 Å². The quantitative estimate of drug-likeness (QED) is 0.381. The number of carbonyl (C=O) groups excluding carboxylic acids is 1. The fourth-order valence-corrected chi connectivity index (χ4v) is 4.16. The maximum Gasteiger partial charge on any atom is 0.150 e. The van der Waals surface area contributed by atoms with E-state index < -0.39 is 0 Å². The SMILES string of the molecule is CCCC(CCCC(=O)C(NCc1ccccc1OC)C(C)C)c1ccc(Cl)cc1. The highest BCUT2D eigenvalue weighted by molar-refractivity contribution is 6.30. The van der Waals surface area contributed by atoms with Crippen molar-refractivity contribution < 1.29 is 9.53 Å². The molecule has 0 bridgehead atoms. The second-order valence-electron chi connectivity index (χ2n) is 8.31. The van der Waals surface area contributed by atoms with Crippen LogP contribution in [-0.2, 0) is 11.3 Å². The minimum absolute atomic E-state index is 0.143. The normalized spacial score (nSPS) is 13.3. The molecule has 0 fully saturated rings. The molecule has 2 rings (SSSR count). The molecule has 1 N–H and O–H groups in total. The Bertz CT molecular complexity index is 773. The number of hydrogen-bond acceptors (Lipinski definition) is 3. The van der Waals surface area contributed by atoms with Gasteiger partial charge in [-0.1, -0.05) is 69.1 Å². The number of halogens is 1. The number of ketones is 1. The van der Waals surface area contributed by atoms with Gasteiger partial charge in [-0.2, -0.15) is 0 Å². The lowest BCUT2D eigenvalue weighted by Crippen LogP contribution is -2.40. The van der Waals surface area contributed by atoms with Gasteiger partial charge in [-0.15, -0.1) is 0 Å². The Labute approximate surface area is 187 Å². The van der Waals surface area contributed by atoms with Gasteiger partial charge in [-0.05, 0) is 54.9 Å². The standard InChI is InChI=1S/C26H36ClNO2/c1-5-9-20(21-14-16-23(27)17-15-21)11-8-12-24(29)26(19(2)3)28-18-22-10-6-7-13-25(22)30-4/h6-7,10,13-17,19-20,26,28H,5,8-9,11-12,18H2,1-4H3. The first-order chi connectivity index (χ1) is 14.5. The molecule has 0 aliphatic rings. The third-order valence-electron chi connectivity index (χ3n) is 5.67. The Balaban J connectivity index is 1.91. The van der Waals surface area contributed by atoms with Gasteiger partial charge < -0.3 is 10.1 Å². The lowest BCUT2D eigenvalue weighted by Gasteiger charge is -2.23. The van der Waals surface area contributed by atoms with Gasteiger partial charge in [0.1, 0.15) is 11.5 Å². The molecule has 30 heavy (non-hydrogen) atoms. The van der Waals surface area contributed by atoms with E-state index in [1.54, 1.807) is 7.11 Å². The molecule has 0 saturated heterocycles. The Morgan fingerprint density at radius 2 is 1.77 bits per heavy atom.